The fourth-order valence-electron chi connectivity index (χ4n) is 1.91. The van der Waals surface area contributed by atoms with Gasteiger partial charge < -0.3 is 15.4 Å². The summed E-state index contributed by atoms with van der Waals surface area (Å²) < 4.78 is 42.5. The molecule has 0 aliphatic rings. The first-order chi connectivity index (χ1) is 11.3. The molecule has 0 saturated heterocycles. The van der Waals surface area contributed by atoms with E-state index in [4.69, 9.17) is 0 Å². The minimum atomic E-state index is -4.50. The topological polar surface area (TPSA) is 67.4 Å². The maximum Gasteiger partial charge on any atom is 0.416 e. The Morgan fingerprint density at radius 2 is 1.54 bits per heavy atom. The van der Waals surface area contributed by atoms with E-state index in [1.807, 2.05) is 0 Å². The third-order valence-corrected chi connectivity index (χ3v) is 2.99. The van der Waals surface area contributed by atoms with E-state index in [9.17, 15) is 22.8 Å². The number of nitrogens with one attached hydrogen (secondary N) is 2. The Balaban J connectivity index is 2.08. The second-order valence-corrected chi connectivity index (χ2v) is 4.73. The molecule has 0 atom stereocenters. The molecule has 0 unspecified atom stereocenters. The summed E-state index contributed by atoms with van der Waals surface area (Å²) in [7, 11) is 1.22. The van der Waals surface area contributed by atoms with Crippen LogP contribution in [0.1, 0.15) is 15.9 Å². The number of halogens is 3. The molecule has 0 spiro atoms. The van der Waals surface area contributed by atoms with Gasteiger partial charge in [-0.2, -0.15) is 13.2 Å². The summed E-state index contributed by atoms with van der Waals surface area (Å²) in [4.78, 5) is 23.3. The number of carbonyl (C=O) groups is 2. The van der Waals surface area contributed by atoms with Gasteiger partial charge in [-0.1, -0.05) is 12.1 Å². The number of alkyl halides is 3. The molecular weight excluding hydrogens is 325 g/mol. The van der Waals surface area contributed by atoms with Gasteiger partial charge in [0.25, 0.3) is 0 Å². The summed E-state index contributed by atoms with van der Waals surface area (Å²) in [5.41, 5.74) is -0.351. The van der Waals surface area contributed by atoms with E-state index in [-0.39, 0.29) is 11.3 Å². The first-order valence-corrected chi connectivity index (χ1v) is 6.73. The molecule has 0 heterocycles. The molecule has 2 aromatic carbocycles. The van der Waals surface area contributed by atoms with E-state index in [0.717, 1.165) is 12.1 Å². The first kappa shape index (κ1) is 17.3. The summed E-state index contributed by atoms with van der Waals surface area (Å²) in [6, 6.07) is 9.46. The van der Waals surface area contributed by atoms with Gasteiger partial charge in [-0.05, 0) is 36.4 Å². The van der Waals surface area contributed by atoms with Crippen LogP contribution < -0.4 is 10.6 Å². The molecule has 2 amide bonds. The number of rotatable bonds is 3. The van der Waals surface area contributed by atoms with E-state index in [0.29, 0.717) is 5.69 Å². The number of hydrogen-bond acceptors (Lipinski definition) is 3. The fourth-order valence-corrected chi connectivity index (χ4v) is 1.91. The summed E-state index contributed by atoms with van der Waals surface area (Å²) in [6.07, 6.45) is -4.50. The Bertz CT molecular complexity index is 760. The highest BCUT2D eigenvalue weighted by Crippen LogP contribution is 2.30. The molecule has 8 heteroatoms. The van der Waals surface area contributed by atoms with Crippen LogP contribution in [0.4, 0.5) is 29.3 Å². The van der Waals surface area contributed by atoms with Crippen molar-refractivity contribution in [3.8, 4) is 0 Å². The van der Waals surface area contributed by atoms with Gasteiger partial charge in [0.2, 0.25) is 0 Å². The summed E-state index contributed by atoms with van der Waals surface area (Å²) in [5.74, 6) is -0.572. The maximum atomic E-state index is 12.6. The van der Waals surface area contributed by atoms with Gasteiger partial charge in [-0.25, -0.2) is 9.59 Å². The monoisotopic (exact) mass is 338 g/mol. The number of methoxy groups -OCH3 is 1. The molecule has 0 bridgehead atoms. The predicted molar refractivity (Wildman–Crippen MR) is 81.9 cm³/mol. The smallest absolute Gasteiger partial charge is 0.416 e. The first-order valence-electron chi connectivity index (χ1n) is 6.73. The van der Waals surface area contributed by atoms with E-state index < -0.39 is 23.7 Å². The number of ether oxygens (including phenoxy) is 1. The van der Waals surface area contributed by atoms with Gasteiger partial charge >= 0.3 is 18.2 Å². The molecule has 0 aromatic heterocycles. The van der Waals surface area contributed by atoms with Crippen LogP contribution in [0.3, 0.4) is 0 Å². The van der Waals surface area contributed by atoms with Gasteiger partial charge in [0.1, 0.15) is 0 Å². The van der Waals surface area contributed by atoms with Crippen LogP contribution in [-0.4, -0.2) is 19.1 Å². The Labute approximate surface area is 135 Å². The van der Waals surface area contributed by atoms with Gasteiger partial charge in [0.05, 0.1) is 18.2 Å². The molecule has 0 fully saturated rings. The lowest BCUT2D eigenvalue weighted by Gasteiger charge is -2.11. The highest BCUT2D eigenvalue weighted by Gasteiger charge is 2.30. The van der Waals surface area contributed by atoms with Crippen LogP contribution in [0.15, 0.2) is 48.5 Å². The number of esters is 1. The van der Waals surface area contributed by atoms with Crippen LogP contribution >= 0.6 is 0 Å². The van der Waals surface area contributed by atoms with Gasteiger partial charge in [-0.15, -0.1) is 0 Å². The fraction of sp³-hybridized carbons (Fsp3) is 0.125. The van der Waals surface area contributed by atoms with Crippen molar-refractivity contribution < 1.29 is 27.5 Å². The standard InChI is InChI=1S/C16H13F3N2O3/c1-24-14(22)10-4-2-6-12(8-10)20-15(23)21-13-7-3-5-11(9-13)16(17,18)19/h2-9H,1H3,(H2,20,21,23). The number of hydrogen-bond donors (Lipinski definition) is 2. The Hall–Kier alpha value is -3.03. The normalized spacial score (nSPS) is 10.8. The van der Waals surface area contributed by atoms with Crippen molar-refractivity contribution in [2.24, 2.45) is 0 Å². The van der Waals surface area contributed by atoms with Crippen LogP contribution in [0.5, 0.6) is 0 Å². The van der Waals surface area contributed by atoms with E-state index in [1.165, 1.54) is 43.5 Å². The third kappa shape index (κ3) is 4.48. The van der Waals surface area contributed by atoms with Crippen LogP contribution in [0, 0.1) is 0 Å². The lowest BCUT2D eigenvalue weighted by Crippen LogP contribution is -2.20. The van der Waals surface area contributed by atoms with Crippen molar-refractivity contribution in [2.45, 2.75) is 6.18 Å². The molecule has 0 aliphatic heterocycles. The molecule has 0 radical (unpaired) electrons. The average molecular weight is 338 g/mol. The van der Waals surface area contributed by atoms with Gasteiger partial charge in [-0.3, -0.25) is 0 Å². The van der Waals surface area contributed by atoms with Crippen molar-refractivity contribution >= 4 is 23.4 Å². The third-order valence-electron chi connectivity index (χ3n) is 2.99. The largest absolute Gasteiger partial charge is 0.465 e. The molecule has 2 rings (SSSR count). The summed E-state index contributed by atoms with van der Waals surface area (Å²) >= 11 is 0. The zero-order valence-electron chi connectivity index (χ0n) is 12.5. The number of carbonyl (C=O) groups excluding carboxylic acids is 2. The Morgan fingerprint density at radius 1 is 0.958 bits per heavy atom. The van der Waals surface area contributed by atoms with E-state index in [1.54, 1.807) is 0 Å². The van der Waals surface area contributed by atoms with Crippen molar-refractivity contribution in [2.75, 3.05) is 17.7 Å². The summed E-state index contributed by atoms with van der Waals surface area (Å²) in [5, 5.41) is 4.73. The highest BCUT2D eigenvalue weighted by atomic mass is 19.4. The SMILES string of the molecule is COC(=O)c1cccc(NC(=O)Nc2cccc(C(F)(F)F)c2)c1. The number of amides is 2. The molecule has 2 N–H and O–H groups in total. The zero-order chi connectivity index (χ0) is 17.7. The van der Waals surface area contributed by atoms with E-state index >= 15 is 0 Å². The Morgan fingerprint density at radius 3 is 2.12 bits per heavy atom. The molecule has 126 valence electrons. The molecule has 2 aromatic rings. The quantitative estimate of drug-likeness (QED) is 0.827. The van der Waals surface area contributed by atoms with Crippen molar-refractivity contribution in [3.63, 3.8) is 0 Å². The number of anilines is 2. The van der Waals surface area contributed by atoms with Crippen molar-refractivity contribution in [1.82, 2.24) is 0 Å². The lowest BCUT2D eigenvalue weighted by atomic mass is 10.2. The molecule has 0 saturated carbocycles. The molecule has 0 aliphatic carbocycles. The lowest BCUT2D eigenvalue weighted by molar-refractivity contribution is -0.137. The van der Waals surface area contributed by atoms with Gasteiger partial charge in [0, 0.05) is 11.4 Å². The summed E-state index contributed by atoms with van der Waals surface area (Å²) in [6.45, 7) is 0. The number of urea groups is 1. The van der Waals surface area contributed by atoms with Crippen LogP contribution in [-0.2, 0) is 10.9 Å². The Kier molecular flexibility index (Phi) is 5.08. The average Bonchev–Trinajstić information content (AvgIpc) is 2.53. The molecule has 5 nitrogen and oxygen atoms in total. The predicted octanol–water partition coefficient (Wildman–Crippen LogP) is 4.14. The minimum Gasteiger partial charge on any atom is -0.465 e. The highest BCUT2D eigenvalue weighted by molar-refractivity contribution is 6.00. The van der Waals surface area contributed by atoms with Crippen molar-refractivity contribution in [1.29, 1.82) is 0 Å². The molecule has 24 heavy (non-hydrogen) atoms. The molecular formula is C16H13F3N2O3. The van der Waals surface area contributed by atoms with E-state index in [2.05, 4.69) is 15.4 Å². The van der Waals surface area contributed by atoms with Crippen LogP contribution in [0.25, 0.3) is 0 Å². The number of benzene rings is 2. The van der Waals surface area contributed by atoms with Gasteiger partial charge in [0.15, 0.2) is 0 Å². The zero-order valence-corrected chi connectivity index (χ0v) is 12.5. The minimum absolute atomic E-state index is 0.00792. The maximum absolute atomic E-state index is 12.6. The second-order valence-electron chi connectivity index (χ2n) is 4.73. The van der Waals surface area contributed by atoms with Crippen LogP contribution in [0.2, 0.25) is 0 Å². The second kappa shape index (κ2) is 7.03. The van der Waals surface area contributed by atoms with Crippen molar-refractivity contribution in [3.05, 3.63) is 59.7 Å².